The lowest BCUT2D eigenvalue weighted by molar-refractivity contribution is 0.484. The number of aryl methyl sites for hydroxylation is 1. The molecule has 7 nitrogen and oxygen atoms in total. The lowest BCUT2D eigenvalue weighted by Gasteiger charge is -2.14. The monoisotopic (exact) mass is 401 g/mol. The van der Waals surface area contributed by atoms with Crippen molar-refractivity contribution in [1.82, 2.24) is 14.5 Å². The van der Waals surface area contributed by atoms with E-state index in [0.717, 1.165) is 19.3 Å². The van der Waals surface area contributed by atoms with Crippen molar-refractivity contribution in [2.45, 2.75) is 63.3 Å². The van der Waals surface area contributed by atoms with E-state index < -0.39 is 19.9 Å². The molecule has 0 spiro atoms. The highest BCUT2D eigenvalue weighted by atomic mass is 32.2. The second-order valence-corrected chi connectivity index (χ2v) is 11.2. The maximum atomic E-state index is 12.8. The first-order valence-electron chi connectivity index (χ1n) is 9.13. The number of hydrogen-bond acceptors (Lipinski definition) is 5. The van der Waals surface area contributed by atoms with Crippen LogP contribution in [0.4, 0.5) is 0 Å². The average molecular weight is 402 g/mol. The first kappa shape index (κ1) is 19.6. The molecule has 0 bridgehead atoms. The second kappa shape index (κ2) is 7.44. The first-order chi connectivity index (χ1) is 12.2. The molecule has 2 heterocycles. The predicted molar refractivity (Wildman–Crippen MR) is 100 cm³/mol. The number of rotatable bonds is 6. The standard InChI is InChI=1S/C17H27N3O4S2/c1-13-17(14(2)20(19-13)16-9-11-25(21,22)12-16)26(23,24)18-10-8-15-6-4-3-5-7-15/h6,16,18H,3-5,7-12H2,1-2H3. The molecule has 1 saturated heterocycles. The molecule has 1 aromatic rings. The third-order valence-electron chi connectivity index (χ3n) is 5.20. The third kappa shape index (κ3) is 4.20. The van der Waals surface area contributed by atoms with E-state index in [9.17, 15) is 16.8 Å². The summed E-state index contributed by atoms with van der Waals surface area (Å²) in [4.78, 5) is 0.180. The van der Waals surface area contributed by atoms with E-state index in [1.807, 2.05) is 0 Å². The van der Waals surface area contributed by atoms with Crippen LogP contribution in [0, 0.1) is 13.8 Å². The van der Waals surface area contributed by atoms with Crippen molar-refractivity contribution in [3.63, 3.8) is 0 Å². The smallest absolute Gasteiger partial charge is 0.244 e. The van der Waals surface area contributed by atoms with Crippen LogP contribution >= 0.6 is 0 Å². The maximum Gasteiger partial charge on any atom is 0.244 e. The van der Waals surface area contributed by atoms with Crippen LogP contribution in [0.2, 0.25) is 0 Å². The van der Waals surface area contributed by atoms with Crippen LogP contribution in [0.25, 0.3) is 0 Å². The van der Waals surface area contributed by atoms with Crippen molar-refractivity contribution in [2.75, 3.05) is 18.1 Å². The normalized spacial score (nSPS) is 23.2. The molecule has 0 saturated carbocycles. The summed E-state index contributed by atoms with van der Waals surface area (Å²) in [6.45, 7) is 3.73. The van der Waals surface area contributed by atoms with Gasteiger partial charge >= 0.3 is 0 Å². The van der Waals surface area contributed by atoms with Gasteiger partial charge in [0.2, 0.25) is 10.0 Å². The highest BCUT2D eigenvalue weighted by Gasteiger charge is 2.33. The van der Waals surface area contributed by atoms with E-state index in [2.05, 4.69) is 15.9 Å². The Labute approximate surface area is 155 Å². The Kier molecular flexibility index (Phi) is 5.60. The number of sulfone groups is 1. The lowest BCUT2D eigenvalue weighted by atomic mass is 9.97. The number of aromatic nitrogens is 2. The lowest BCUT2D eigenvalue weighted by Crippen LogP contribution is -2.26. The van der Waals surface area contributed by atoms with Crippen molar-refractivity contribution >= 4 is 19.9 Å². The van der Waals surface area contributed by atoms with E-state index in [1.54, 1.807) is 18.5 Å². The minimum Gasteiger partial charge on any atom is -0.264 e. The van der Waals surface area contributed by atoms with E-state index in [0.29, 0.717) is 24.4 Å². The number of nitrogens with one attached hydrogen (secondary N) is 1. The molecule has 1 aliphatic carbocycles. The van der Waals surface area contributed by atoms with Gasteiger partial charge in [0.25, 0.3) is 0 Å². The van der Waals surface area contributed by atoms with Crippen LogP contribution in [0.3, 0.4) is 0 Å². The molecular weight excluding hydrogens is 374 g/mol. The van der Waals surface area contributed by atoms with Gasteiger partial charge in [0.1, 0.15) is 4.90 Å². The minimum atomic E-state index is -3.67. The molecule has 0 radical (unpaired) electrons. The summed E-state index contributed by atoms with van der Waals surface area (Å²) in [6.07, 6.45) is 7.94. The fourth-order valence-electron chi connectivity index (χ4n) is 3.91. The van der Waals surface area contributed by atoms with E-state index >= 15 is 0 Å². The van der Waals surface area contributed by atoms with E-state index in [-0.39, 0.29) is 22.4 Å². The van der Waals surface area contributed by atoms with Crippen LogP contribution in [-0.2, 0) is 19.9 Å². The molecule has 2 aliphatic rings. The van der Waals surface area contributed by atoms with Crippen LogP contribution in [0.1, 0.15) is 56.0 Å². The molecule has 0 amide bonds. The molecule has 1 atom stereocenters. The van der Waals surface area contributed by atoms with Crippen LogP contribution < -0.4 is 4.72 Å². The van der Waals surface area contributed by atoms with Crippen molar-refractivity contribution < 1.29 is 16.8 Å². The SMILES string of the molecule is Cc1nn(C2CCS(=O)(=O)C2)c(C)c1S(=O)(=O)NCCC1=CCCCC1. The minimum absolute atomic E-state index is 0.0238. The zero-order valence-electron chi connectivity index (χ0n) is 15.4. The number of nitrogens with zero attached hydrogens (tertiary/aromatic N) is 2. The molecule has 3 rings (SSSR count). The van der Waals surface area contributed by atoms with Gasteiger partial charge in [0.05, 0.1) is 28.9 Å². The van der Waals surface area contributed by atoms with Gasteiger partial charge < -0.3 is 0 Å². The largest absolute Gasteiger partial charge is 0.264 e. The van der Waals surface area contributed by atoms with Gasteiger partial charge in [-0.05, 0) is 52.4 Å². The summed E-state index contributed by atoms with van der Waals surface area (Å²) < 4.78 is 53.3. The number of allylic oxidation sites excluding steroid dienone is 1. The molecule has 9 heteroatoms. The van der Waals surface area contributed by atoms with Crippen LogP contribution in [0.5, 0.6) is 0 Å². The average Bonchev–Trinajstić information content (AvgIpc) is 3.07. The molecule has 1 N–H and O–H groups in total. The summed E-state index contributed by atoms with van der Waals surface area (Å²) in [5.41, 5.74) is 2.24. The molecule has 26 heavy (non-hydrogen) atoms. The van der Waals surface area contributed by atoms with Gasteiger partial charge in [-0.2, -0.15) is 5.10 Å². The number of hydrogen-bond donors (Lipinski definition) is 1. The van der Waals surface area contributed by atoms with E-state index in [1.165, 1.54) is 18.4 Å². The predicted octanol–water partition coefficient (Wildman–Crippen LogP) is 2.03. The Morgan fingerprint density at radius 1 is 1.31 bits per heavy atom. The third-order valence-corrected chi connectivity index (χ3v) is 8.67. The topological polar surface area (TPSA) is 98.1 Å². The summed E-state index contributed by atoms with van der Waals surface area (Å²) in [5.74, 6) is 0.154. The van der Waals surface area contributed by atoms with Crippen molar-refractivity contribution in [1.29, 1.82) is 0 Å². The fourth-order valence-corrected chi connectivity index (χ4v) is 7.03. The second-order valence-electron chi connectivity index (χ2n) is 7.26. The maximum absolute atomic E-state index is 12.8. The molecule has 1 aliphatic heterocycles. The van der Waals surface area contributed by atoms with Gasteiger partial charge in [-0.1, -0.05) is 11.6 Å². The van der Waals surface area contributed by atoms with Gasteiger partial charge in [0.15, 0.2) is 9.84 Å². The molecule has 1 unspecified atom stereocenters. The molecular formula is C17H27N3O4S2. The Morgan fingerprint density at radius 2 is 2.08 bits per heavy atom. The number of sulfonamides is 1. The summed E-state index contributed by atoms with van der Waals surface area (Å²) in [7, 11) is -6.73. The Bertz CT molecular complexity index is 914. The quantitative estimate of drug-likeness (QED) is 0.736. The van der Waals surface area contributed by atoms with Gasteiger partial charge in [-0.15, -0.1) is 0 Å². The van der Waals surface area contributed by atoms with Gasteiger partial charge in [0, 0.05) is 6.54 Å². The van der Waals surface area contributed by atoms with Crippen molar-refractivity contribution in [3.8, 4) is 0 Å². The molecule has 1 fully saturated rings. The summed E-state index contributed by atoms with van der Waals surface area (Å²) >= 11 is 0. The molecule has 146 valence electrons. The van der Waals surface area contributed by atoms with Gasteiger partial charge in [-0.25, -0.2) is 21.6 Å². The highest BCUT2D eigenvalue weighted by molar-refractivity contribution is 7.91. The Hall–Kier alpha value is -1.19. The zero-order chi connectivity index (χ0) is 18.9. The summed E-state index contributed by atoms with van der Waals surface area (Å²) in [6, 6.07) is -0.282. The molecule has 1 aromatic heterocycles. The summed E-state index contributed by atoms with van der Waals surface area (Å²) in [5, 5.41) is 4.34. The first-order valence-corrected chi connectivity index (χ1v) is 12.4. The Balaban J connectivity index is 1.74. The van der Waals surface area contributed by atoms with Crippen LogP contribution in [-0.4, -0.2) is 44.7 Å². The van der Waals surface area contributed by atoms with E-state index in [4.69, 9.17) is 0 Å². The van der Waals surface area contributed by atoms with Gasteiger partial charge in [-0.3, -0.25) is 4.68 Å². The molecule has 0 aromatic carbocycles. The van der Waals surface area contributed by atoms with Crippen molar-refractivity contribution in [2.24, 2.45) is 0 Å². The highest BCUT2D eigenvalue weighted by Crippen LogP contribution is 2.28. The van der Waals surface area contributed by atoms with Crippen LogP contribution in [0.15, 0.2) is 16.5 Å². The zero-order valence-corrected chi connectivity index (χ0v) is 17.0. The fraction of sp³-hybridized carbons (Fsp3) is 0.706. The van der Waals surface area contributed by atoms with Crippen molar-refractivity contribution in [3.05, 3.63) is 23.0 Å². The Morgan fingerprint density at radius 3 is 2.69 bits per heavy atom.